The number of anilines is 1. The van der Waals surface area contributed by atoms with Crippen LogP contribution in [0.2, 0.25) is 5.02 Å². The Hall–Kier alpha value is -1.59. The van der Waals surface area contributed by atoms with Gasteiger partial charge in [-0.1, -0.05) is 11.6 Å². The van der Waals surface area contributed by atoms with Crippen LogP contribution in [0.1, 0.15) is 36.0 Å². The van der Waals surface area contributed by atoms with E-state index in [1.165, 1.54) is 7.05 Å². The van der Waals surface area contributed by atoms with Gasteiger partial charge in [0.15, 0.2) is 0 Å². The molecule has 20 heavy (non-hydrogen) atoms. The predicted molar refractivity (Wildman–Crippen MR) is 78.9 cm³/mol. The van der Waals surface area contributed by atoms with Gasteiger partial charge in [0.25, 0.3) is 5.91 Å². The number of hydrogen-bond donors (Lipinski definition) is 3. The van der Waals surface area contributed by atoms with Gasteiger partial charge >= 0.3 is 0 Å². The van der Waals surface area contributed by atoms with Crippen molar-refractivity contribution in [3.05, 3.63) is 28.8 Å². The van der Waals surface area contributed by atoms with Gasteiger partial charge in [0.1, 0.15) is 0 Å². The van der Waals surface area contributed by atoms with Gasteiger partial charge in [-0.3, -0.25) is 9.59 Å². The van der Waals surface area contributed by atoms with Gasteiger partial charge in [-0.05, 0) is 37.5 Å². The molecule has 1 aliphatic carbocycles. The van der Waals surface area contributed by atoms with E-state index in [-0.39, 0.29) is 17.4 Å². The molecule has 0 aliphatic heterocycles. The summed E-state index contributed by atoms with van der Waals surface area (Å²) < 4.78 is 0. The average Bonchev–Trinajstić information content (AvgIpc) is 2.38. The molecule has 4 N–H and O–H groups in total. The van der Waals surface area contributed by atoms with E-state index in [4.69, 9.17) is 17.3 Å². The number of carbonyl (C=O) groups is 2. The molecule has 1 aromatic carbocycles. The molecule has 0 heterocycles. The Balaban J connectivity index is 2.05. The number of nitrogens with one attached hydrogen (secondary N) is 2. The highest BCUT2D eigenvalue weighted by molar-refractivity contribution is 6.34. The highest BCUT2D eigenvalue weighted by Crippen LogP contribution is 2.32. The molecule has 0 radical (unpaired) electrons. The van der Waals surface area contributed by atoms with Crippen molar-refractivity contribution in [3.63, 3.8) is 0 Å². The van der Waals surface area contributed by atoms with Crippen LogP contribution in [0.4, 0.5) is 5.69 Å². The number of amides is 2. The topological polar surface area (TPSA) is 84.2 Å². The van der Waals surface area contributed by atoms with Crippen molar-refractivity contribution < 1.29 is 9.59 Å². The molecule has 108 valence electrons. The fourth-order valence-corrected chi connectivity index (χ4v) is 2.45. The third-order valence-corrected chi connectivity index (χ3v) is 3.91. The van der Waals surface area contributed by atoms with Gasteiger partial charge in [-0.25, -0.2) is 0 Å². The standard InChI is InChI=1S/C14H18ClN3O2/c1-17-13(20)10-7-9(3-4-11(10)15)18-12(19)8-14(16)5-2-6-14/h3-4,7H,2,5-6,8,16H2,1H3,(H,17,20)(H,18,19). The van der Waals surface area contributed by atoms with Crippen LogP contribution in [-0.2, 0) is 4.79 Å². The first-order chi connectivity index (χ1) is 9.43. The van der Waals surface area contributed by atoms with Crippen molar-refractivity contribution in [2.24, 2.45) is 5.73 Å². The summed E-state index contributed by atoms with van der Waals surface area (Å²) in [6, 6.07) is 4.81. The first-order valence-corrected chi connectivity index (χ1v) is 6.92. The first kappa shape index (κ1) is 14.8. The molecule has 2 amide bonds. The highest BCUT2D eigenvalue weighted by Gasteiger charge is 2.34. The molecule has 0 spiro atoms. The zero-order valence-electron chi connectivity index (χ0n) is 11.3. The van der Waals surface area contributed by atoms with E-state index >= 15 is 0 Å². The zero-order chi connectivity index (χ0) is 14.8. The molecule has 0 aromatic heterocycles. The molecule has 2 rings (SSSR count). The second kappa shape index (κ2) is 5.81. The lowest BCUT2D eigenvalue weighted by atomic mass is 9.75. The minimum atomic E-state index is -0.361. The number of halogens is 1. The molecule has 1 aromatic rings. The lowest BCUT2D eigenvalue weighted by molar-refractivity contribution is -0.118. The first-order valence-electron chi connectivity index (χ1n) is 6.54. The summed E-state index contributed by atoms with van der Waals surface area (Å²) in [5, 5.41) is 5.60. The van der Waals surface area contributed by atoms with Gasteiger partial charge in [-0.2, -0.15) is 0 Å². The van der Waals surface area contributed by atoms with E-state index in [1.54, 1.807) is 18.2 Å². The normalized spacial score (nSPS) is 16.1. The van der Waals surface area contributed by atoms with Crippen molar-refractivity contribution in [3.8, 4) is 0 Å². The van der Waals surface area contributed by atoms with E-state index < -0.39 is 0 Å². The molecular weight excluding hydrogens is 278 g/mol. The van der Waals surface area contributed by atoms with Crippen LogP contribution in [0.25, 0.3) is 0 Å². The molecule has 5 nitrogen and oxygen atoms in total. The number of benzene rings is 1. The molecule has 0 atom stereocenters. The van der Waals surface area contributed by atoms with E-state index in [0.717, 1.165) is 19.3 Å². The van der Waals surface area contributed by atoms with Crippen LogP contribution in [0.15, 0.2) is 18.2 Å². The summed E-state index contributed by atoms with van der Waals surface area (Å²) >= 11 is 5.95. The quantitative estimate of drug-likeness (QED) is 0.793. The molecule has 1 saturated carbocycles. The summed E-state index contributed by atoms with van der Waals surface area (Å²) in [6.07, 6.45) is 3.13. The van der Waals surface area contributed by atoms with Crippen LogP contribution < -0.4 is 16.4 Å². The number of nitrogens with two attached hydrogens (primary N) is 1. The van der Waals surface area contributed by atoms with Gasteiger partial charge in [-0.15, -0.1) is 0 Å². The van der Waals surface area contributed by atoms with Gasteiger partial charge in [0.2, 0.25) is 5.91 Å². The maximum atomic E-state index is 11.9. The minimum absolute atomic E-state index is 0.141. The maximum absolute atomic E-state index is 11.9. The summed E-state index contributed by atoms with van der Waals surface area (Å²) in [5.74, 6) is -0.433. The third-order valence-electron chi connectivity index (χ3n) is 3.58. The minimum Gasteiger partial charge on any atom is -0.355 e. The highest BCUT2D eigenvalue weighted by atomic mass is 35.5. The molecule has 1 fully saturated rings. The van der Waals surface area contributed by atoms with Crippen LogP contribution >= 0.6 is 11.6 Å². The number of carbonyl (C=O) groups excluding carboxylic acids is 2. The van der Waals surface area contributed by atoms with Crippen LogP contribution in [0.3, 0.4) is 0 Å². The van der Waals surface area contributed by atoms with E-state index in [1.807, 2.05) is 0 Å². The summed E-state index contributed by atoms with van der Waals surface area (Å²) in [7, 11) is 1.53. The lowest BCUT2D eigenvalue weighted by Crippen LogP contribution is -2.48. The molecule has 0 bridgehead atoms. The molecule has 6 heteroatoms. The second-order valence-electron chi connectivity index (χ2n) is 5.21. The van der Waals surface area contributed by atoms with Crippen molar-refractivity contribution in [1.29, 1.82) is 0 Å². The smallest absolute Gasteiger partial charge is 0.252 e. The van der Waals surface area contributed by atoms with E-state index in [0.29, 0.717) is 22.7 Å². The third kappa shape index (κ3) is 3.29. The Bertz CT molecular complexity index is 541. The Kier molecular flexibility index (Phi) is 4.30. The zero-order valence-corrected chi connectivity index (χ0v) is 12.1. The van der Waals surface area contributed by atoms with Crippen molar-refractivity contribution in [2.45, 2.75) is 31.2 Å². The Morgan fingerprint density at radius 2 is 2.10 bits per heavy atom. The Labute approximate surface area is 122 Å². The molecule has 0 saturated heterocycles. The second-order valence-corrected chi connectivity index (χ2v) is 5.62. The fourth-order valence-electron chi connectivity index (χ4n) is 2.24. The monoisotopic (exact) mass is 295 g/mol. The molecule has 1 aliphatic rings. The molecule has 0 unspecified atom stereocenters. The number of rotatable bonds is 4. The SMILES string of the molecule is CNC(=O)c1cc(NC(=O)CC2(N)CCC2)ccc1Cl. The van der Waals surface area contributed by atoms with Crippen molar-refractivity contribution in [2.75, 3.05) is 12.4 Å². The van der Waals surface area contributed by atoms with E-state index in [9.17, 15) is 9.59 Å². The van der Waals surface area contributed by atoms with Gasteiger partial charge in [0, 0.05) is 24.7 Å². The average molecular weight is 296 g/mol. The van der Waals surface area contributed by atoms with Gasteiger partial charge in [0.05, 0.1) is 10.6 Å². The Morgan fingerprint density at radius 1 is 1.40 bits per heavy atom. The van der Waals surface area contributed by atoms with Crippen LogP contribution in [0.5, 0.6) is 0 Å². The summed E-state index contributed by atoms with van der Waals surface area (Å²) in [5.41, 5.74) is 6.55. The predicted octanol–water partition coefficient (Wildman–Crippen LogP) is 1.91. The Morgan fingerprint density at radius 3 is 2.65 bits per heavy atom. The lowest BCUT2D eigenvalue weighted by Gasteiger charge is -2.37. The largest absolute Gasteiger partial charge is 0.355 e. The van der Waals surface area contributed by atoms with Crippen molar-refractivity contribution >= 4 is 29.1 Å². The van der Waals surface area contributed by atoms with Gasteiger partial charge < -0.3 is 16.4 Å². The maximum Gasteiger partial charge on any atom is 0.252 e. The summed E-state index contributed by atoms with van der Waals surface area (Å²) in [4.78, 5) is 23.6. The molecular formula is C14H18ClN3O2. The van der Waals surface area contributed by atoms with Crippen molar-refractivity contribution in [1.82, 2.24) is 5.32 Å². The van der Waals surface area contributed by atoms with Crippen LogP contribution in [-0.4, -0.2) is 24.4 Å². The number of hydrogen-bond acceptors (Lipinski definition) is 3. The van der Waals surface area contributed by atoms with Crippen LogP contribution in [0, 0.1) is 0 Å². The summed E-state index contributed by atoms with van der Waals surface area (Å²) in [6.45, 7) is 0. The fraction of sp³-hybridized carbons (Fsp3) is 0.429. The van der Waals surface area contributed by atoms with E-state index in [2.05, 4.69) is 10.6 Å².